The molecular formula is C29H37N3O5S2. The summed E-state index contributed by atoms with van der Waals surface area (Å²) in [6.07, 6.45) is 0.560. The fourth-order valence-corrected chi connectivity index (χ4v) is 6.77. The molecule has 0 aromatic heterocycles. The highest BCUT2D eigenvalue weighted by Crippen LogP contribution is 2.19. The SMILES string of the molecule is Cc1ccc(S(=O)(=O)NCCN2CCN(CCCS(=O)(=O)c3ccc(OCc4ccccc4)cc3)CC2)cc1. The number of sulfonamides is 1. The Balaban J connectivity index is 1.13. The molecule has 210 valence electrons. The second-order valence-corrected chi connectivity index (χ2v) is 13.7. The minimum atomic E-state index is -3.51. The van der Waals surface area contributed by atoms with Crippen LogP contribution in [0, 0.1) is 6.92 Å². The Hall–Kier alpha value is -2.76. The van der Waals surface area contributed by atoms with E-state index >= 15 is 0 Å². The topological polar surface area (TPSA) is 96.0 Å². The highest BCUT2D eigenvalue weighted by atomic mass is 32.2. The minimum absolute atomic E-state index is 0.0955. The van der Waals surface area contributed by atoms with Crippen LogP contribution in [0.4, 0.5) is 0 Å². The maximum Gasteiger partial charge on any atom is 0.240 e. The number of aryl methyl sites for hydroxylation is 1. The van der Waals surface area contributed by atoms with E-state index in [1.807, 2.05) is 37.3 Å². The van der Waals surface area contributed by atoms with Crippen molar-refractivity contribution in [3.63, 3.8) is 0 Å². The summed E-state index contributed by atoms with van der Waals surface area (Å²) in [6.45, 7) is 7.37. The Bertz CT molecular complexity index is 1390. The van der Waals surface area contributed by atoms with Gasteiger partial charge in [-0.1, -0.05) is 48.0 Å². The molecule has 0 atom stereocenters. The summed E-state index contributed by atoms with van der Waals surface area (Å²) in [5, 5.41) is 0. The Labute approximate surface area is 232 Å². The molecule has 1 heterocycles. The van der Waals surface area contributed by atoms with Crippen molar-refractivity contribution in [1.29, 1.82) is 0 Å². The van der Waals surface area contributed by atoms with Crippen molar-refractivity contribution in [2.45, 2.75) is 29.7 Å². The molecule has 39 heavy (non-hydrogen) atoms. The zero-order chi connectivity index (χ0) is 27.7. The van der Waals surface area contributed by atoms with Gasteiger partial charge in [0.25, 0.3) is 0 Å². The highest BCUT2D eigenvalue weighted by Gasteiger charge is 2.20. The summed E-state index contributed by atoms with van der Waals surface area (Å²) in [5.74, 6) is 0.733. The first-order chi connectivity index (χ1) is 18.7. The Morgan fingerprint density at radius 3 is 1.97 bits per heavy atom. The van der Waals surface area contributed by atoms with E-state index in [1.54, 1.807) is 48.5 Å². The summed E-state index contributed by atoms with van der Waals surface area (Å²) in [6, 6.07) is 23.3. The van der Waals surface area contributed by atoms with E-state index in [4.69, 9.17) is 4.74 Å². The van der Waals surface area contributed by atoms with Crippen molar-refractivity contribution < 1.29 is 21.6 Å². The highest BCUT2D eigenvalue weighted by molar-refractivity contribution is 7.91. The molecule has 0 spiro atoms. The number of ether oxygens (including phenoxy) is 1. The fraction of sp³-hybridized carbons (Fsp3) is 0.379. The molecule has 1 fully saturated rings. The third kappa shape index (κ3) is 8.87. The van der Waals surface area contributed by atoms with Crippen LogP contribution in [0.5, 0.6) is 5.75 Å². The van der Waals surface area contributed by atoms with E-state index in [0.717, 1.165) is 37.3 Å². The standard InChI is InChI=1S/C29H37N3O5S2/c1-25-8-12-29(13-9-25)39(35,36)30-16-18-32-21-19-31(20-22-32)17-5-23-38(33,34)28-14-10-27(11-15-28)37-24-26-6-3-2-4-7-26/h2-4,6-15,30H,5,16-24H2,1H3. The fourth-order valence-electron chi connectivity index (χ4n) is 4.46. The summed E-state index contributed by atoms with van der Waals surface area (Å²) >= 11 is 0. The minimum Gasteiger partial charge on any atom is -0.489 e. The van der Waals surface area contributed by atoms with Gasteiger partial charge < -0.3 is 9.64 Å². The molecule has 1 saturated heterocycles. The van der Waals surface area contributed by atoms with Crippen LogP contribution >= 0.6 is 0 Å². The van der Waals surface area contributed by atoms with Gasteiger partial charge in [-0.25, -0.2) is 21.6 Å². The summed E-state index contributed by atoms with van der Waals surface area (Å²) in [5.41, 5.74) is 2.07. The van der Waals surface area contributed by atoms with Crippen molar-refractivity contribution in [2.75, 3.05) is 51.6 Å². The number of hydrogen-bond acceptors (Lipinski definition) is 7. The third-order valence-electron chi connectivity index (χ3n) is 6.83. The Morgan fingerprint density at radius 1 is 0.744 bits per heavy atom. The number of piperazine rings is 1. The number of sulfone groups is 1. The van der Waals surface area contributed by atoms with Gasteiger partial charge in [0, 0.05) is 39.3 Å². The molecule has 0 radical (unpaired) electrons. The Morgan fingerprint density at radius 2 is 1.33 bits per heavy atom. The van der Waals surface area contributed by atoms with Crippen LogP contribution in [-0.2, 0) is 26.5 Å². The first-order valence-electron chi connectivity index (χ1n) is 13.2. The molecule has 10 heteroatoms. The molecule has 0 unspecified atom stereocenters. The molecule has 8 nitrogen and oxygen atoms in total. The lowest BCUT2D eigenvalue weighted by Crippen LogP contribution is -2.48. The van der Waals surface area contributed by atoms with Crippen LogP contribution in [0.25, 0.3) is 0 Å². The first kappa shape index (κ1) is 29.2. The van der Waals surface area contributed by atoms with E-state index in [2.05, 4.69) is 14.5 Å². The number of benzene rings is 3. The van der Waals surface area contributed by atoms with Gasteiger partial charge in [-0.2, -0.15) is 0 Å². The van der Waals surface area contributed by atoms with E-state index < -0.39 is 19.9 Å². The van der Waals surface area contributed by atoms with Crippen LogP contribution in [0.1, 0.15) is 17.5 Å². The number of nitrogens with zero attached hydrogens (tertiary/aromatic N) is 2. The molecule has 0 aliphatic carbocycles. The van der Waals surface area contributed by atoms with E-state index in [1.165, 1.54) is 0 Å². The maximum atomic E-state index is 12.8. The molecule has 1 aliphatic rings. The maximum absolute atomic E-state index is 12.8. The van der Waals surface area contributed by atoms with Crippen LogP contribution in [0.15, 0.2) is 88.7 Å². The van der Waals surface area contributed by atoms with Crippen molar-refractivity contribution in [2.24, 2.45) is 0 Å². The van der Waals surface area contributed by atoms with Gasteiger partial charge >= 0.3 is 0 Å². The van der Waals surface area contributed by atoms with Crippen LogP contribution in [0.2, 0.25) is 0 Å². The third-order valence-corrected chi connectivity index (χ3v) is 10.1. The lowest BCUT2D eigenvalue weighted by molar-refractivity contribution is 0.134. The zero-order valence-corrected chi connectivity index (χ0v) is 24.0. The zero-order valence-electron chi connectivity index (χ0n) is 22.3. The van der Waals surface area contributed by atoms with Crippen molar-refractivity contribution in [3.8, 4) is 5.75 Å². The van der Waals surface area contributed by atoms with Crippen LogP contribution in [0.3, 0.4) is 0 Å². The van der Waals surface area contributed by atoms with Crippen molar-refractivity contribution >= 4 is 19.9 Å². The lowest BCUT2D eigenvalue weighted by Gasteiger charge is -2.34. The normalized spacial score (nSPS) is 15.3. The smallest absolute Gasteiger partial charge is 0.240 e. The first-order valence-corrected chi connectivity index (χ1v) is 16.4. The van der Waals surface area contributed by atoms with Crippen molar-refractivity contribution in [1.82, 2.24) is 14.5 Å². The van der Waals surface area contributed by atoms with Gasteiger partial charge in [-0.15, -0.1) is 0 Å². The quantitative estimate of drug-likeness (QED) is 0.336. The van der Waals surface area contributed by atoms with E-state index in [9.17, 15) is 16.8 Å². The molecule has 1 aliphatic heterocycles. The predicted molar refractivity (Wildman–Crippen MR) is 153 cm³/mol. The number of rotatable bonds is 13. The van der Waals surface area contributed by atoms with Gasteiger partial charge in [-0.3, -0.25) is 4.90 Å². The summed E-state index contributed by atoms with van der Waals surface area (Å²) in [7, 11) is -6.87. The molecule has 0 amide bonds. The van der Waals surface area contributed by atoms with Crippen molar-refractivity contribution in [3.05, 3.63) is 90.0 Å². The molecule has 1 N–H and O–H groups in total. The predicted octanol–water partition coefficient (Wildman–Crippen LogP) is 3.33. The van der Waals surface area contributed by atoms with Gasteiger partial charge in [0.15, 0.2) is 9.84 Å². The number of nitrogens with one attached hydrogen (secondary N) is 1. The molecule has 0 saturated carbocycles. The van der Waals surface area contributed by atoms with Crippen LogP contribution in [-0.4, -0.2) is 78.2 Å². The summed E-state index contributed by atoms with van der Waals surface area (Å²) in [4.78, 5) is 5.09. The van der Waals surface area contributed by atoms with E-state index in [0.29, 0.717) is 43.3 Å². The summed E-state index contributed by atoms with van der Waals surface area (Å²) < 4.78 is 58.9. The van der Waals surface area contributed by atoms with Crippen LogP contribution < -0.4 is 9.46 Å². The second-order valence-electron chi connectivity index (χ2n) is 9.81. The lowest BCUT2D eigenvalue weighted by atomic mass is 10.2. The Kier molecular flexibility index (Phi) is 10.1. The largest absolute Gasteiger partial charge is 0.489 e. The average molecular weight is 572 g/mol. The second kappa shape index (κ2) is 13.5. The molecule has 4 rings (SSSR count). The monoisotopic (exact) mass is 571 g/mol. The van der Waals surface area contributed by atoms with Gasteiger partial charge in [0.2, 0.25) is 10.0 Å². The van der Waals surface area contributed by atoms with Gasteiger partial charge in [-0.05, 0) is 61.9 Å². The van der Waals surface area contributed by atoms with Gasteiger partial charge in [0.1, 0.15) is 12.4 Å². The molecule has 3 aromatic rings. The molecule has 3 aromatic carbocycles. The molecular weight excluding hydrogens is 534 g/mol. The van der Waals surface area contributed by atoms with Gasteiger partial charge in [0.05, 0.1) is 15.5 Å². The van der Waals surface area contributed by atoms with E-state index in [-0.39, 0.29) is 10.6 Å². The average Bonchev–Trinajstić information content (AvgIpc) is 2.94. The number of hydrogen-bond donors (Lipinski definition) is 1. The molecule has 0 bridgehead atoms.